The average Bonchev–Trinajstić information content (AvgIpc) is 3.23. The Labute approximate surface area is 361 Å². The van der Waals surface area contributed by atoms with Gasteiger partial charge in [-0.3, -0.25) is 30.3 Å². The number of carbonyl (C=O) groups is 3. The molecule has 7 unspecified atom stereocenters. The van der Waals surface area contributed by atoms with Crippen molar-refractivity contribution in [3.05, 3.63) is 0 Å². The third-order valence-corrected chi connectivity index (χ3v) is 10.0. The van der Waals surface area contributed by atoms with Crippen molar-refractivity contribution in [3.8, 4) is 0 Å². The Balaban J connectivity index is 4.88. The van der Waals surface area contributed by atoms with E-state index in [2.05, 4.69) is 38.8 Å². The molecule has 0 aliphatic heterocycles. The molecule has 60 heavy (non-hydrogen) atoms. The Kier molecular flexibility index (Phi) is 39.4. The number of rotatable bonds is 44. The molecule has 20 heteroatoms. The highest BCUT2D eigenvalue weighted by Crippen LogP contribution is 2.08. The fourth-order valence-electron chi connectivity index (χ4n) is 6.18. The van der Waals surface area contributed by atoms with Crippen LogP contribution < -0.4 is 77.8 Å². The van der Waals surface area contributed by atoms with Crippen molar-refractivity contribution in [2.45, 2.75) is 172 Å². The maximum Gasteiger partial charge on any atom is 0.243 e. The summed E-state index contributed by atoms with van der Waals surface area (Å²) in [5.74, 6) is -1.08. The van der Waals surface area contributed by atoms with E-state index in [4.69, 9.17) is 60.1 Å². The summed E-state index contributed by atoms with van der Waals surface area (Å²) in [6.07, 6.45) is 12.7. The molecule has 3 amide bonds. The second kappa shape index (κ2) is 40.9. The first kappa shape index (κ1) is 57.9. The molecule has 0 radical (unpaired) electrons. The van der Waals surface area contributed by atoms with Gasteiger partial charge in [0.05, 0.1) is 12.8 Å². The van der Waals surface area contributed by atoms with Gasteiger partial charge in [-0.2, -0.15) is 0 Å². The summed E-state index contributed by atoms with van der Waals surface area (Å²) in [4.78, 5) is 39.6. The Bertz CT molecular complexity index is 1030. The maximum absolute atomic E-state index is 13.5. The second-order valence-corrected chi connectivity index (χ2v) is 15.5. The van der Waals surface area contributed by atoms with Gasteiger partial charge in [0.1, 0.15) is 44.2 Å². The summed E-state index contributed by atoms with van der Waals surface area (Å²) in [6, 6.07) is -2.18. The third-order valence-electron chi connectivity index (χ3n) is 10.0. The summed E-state index contributed by atoms with van der Waals surface area (Å²) in [7, 11) is 0. The number of nitrogens with two attached hydrogens (primary N) is 8. The molecule has 0 aromatic carbocycles. The van der Waals surface area contributed by atoms with Crippen LogP contribution in [0.15, 0.2) is 0 Å². The van der Waals surface area contributed by atoms with Gasteiger partial charge in [-0.25, -0.2) is 0 Å². The van der Waals surface area contributed by atoms with Crippen LogP contribution >= 0.6 is 0 Å². The van der Waals surface area contributed by atoms with Crippen LogP contribution in [-0.4, -0.2) is 127 Å². The van der Waals surface area contributed by atoms with Gasteiger partial charge >= 0.3 is 0 Å². The van der Waals surface area contributed by atoms with Crippen LogP contribution in [0.2, 0.25) is 0 Å². The summed E-state index contributed by atoms with van der Waals surface area (Å²) in [6.45, 7) is 6.62. The molecule has 0 aromatic heterocycles. The lowest BCUT2D eigenvalue weighted by molar-refractivity contribution is -0.132. The number of amides is 3. The number of ether oxygens (including phenoxy) is 3. The van der Waals surface area contributed by atoms with Gasteiger partial charge in [-0.05, 0) is 155 Å². The third kappa shape index (κ3) is 32.5. The first-order valence-corrected chi connectivity index (χ1v) is 22.7. The van der Waals surface area contributed by atoms with Gasteiger partial charge < -0.3 is 76.0 Å². The topological polar surface area (TPSA) is 359 Å². The molecule has 20 nitrogen and oxygen atoms in total. The summed E-state index contributed by atoms with van der Waals surface area (Å²) < 4.78 is 17.8. The molecule has 0 heterocycles. The Hall–Kier alpha value is -2.15. The van der Waals surface area contributed by atoms with E-state index >= 15 is 0 Å². The van der Waals surface area contributed by atoms with E-state index in [-0.39, 0.29) is 44.1 Å². The molecule has 0 aliphatic rings. The van der Waals surface area contributed by atoms with Crippen molar-refractivity contribution < 1.29 is 28.6 Å². The summed E-state index contributed by atoms with van der Waals surface area (Å²) >= 11 is 0. The van der Waals surface area contributed by atoms with Crippen molar-refractivity contribution >= 4 is 17.7 Å². The molecule has 356 valence electrons. The highest BCUT2D eigenvalue weighted by Gasteiger charge is 2.27. The normalized spacial score (nSPS) is 15.2. The number of nitrogens with one attached hydrogen (secondary N) is 6. The first-order chi connectivity index (χ1) is 29.1. The van der Waals surface area contributed by atoms with Crippen LogP contribution in [-0.2, 0) is 28.6 Å². The fourth-order valence-corrected chi connectivity index (χ4v) is 6.18. The van der Waals surface area contributed by atoms with Crippen LogP contribution in [0.4, 0.5) is 0 Å². The molecular formula is C40H90N14O6. The summed E-state index contributed by atoms with van der Waals surface area (Å²) in [5.41, 5.74) is 46.2. The molecular weight excluding hydrogens is 773 g/mol. The van der Waals surface area contributed by atoms with Crippen LogP contribution in [0.5, 0.6) is 0 Å². The number of carbonyl (C=O) groups excluding carboxylic acids is 3. The average molecular weight is 863 g/mol. The van der Waals surface area contributed by atoms with Gasteiger partial charge in [-0.1, -0.05) is 12.8 Å². The van der Waals surface area contributed by atoms with Crippen molar-refractivity contribution in [2.75, 3.05) is 66.0 Å². The first-order valence-electron chi connectivity index (χ1n) is 22.7. The van der Waals surface area contributed by atoms with E-state index in [0.29, 0.717) is 97.5 Å². The van der Waals surface area contributed by atoms with Crippen molar-refractivity contribution in [3.63, 3.8) is 0 Å². The minimum Gasteiger partial charge on any atom is -0.354 e. The summed E-state index contributed by atoms with van der Waals surface area (Å²) in [5, 5.41) is 18.7. The van der Waals surface area contributed by atoms with Gasteiger partial charge in [0, 0.05) is 12.6 Å². The molecule has 7 atom stereocenters. The molecule has 0 spiro atoms. The fraction of sp³-hybridized carbons (Fsp3) is 0.925. The molecule has 0 saturated heterocycles. The molecule has 0 rings (SSSR count). The van der Waals surface area contributed by atoms with Gasteiger partial charge in [0.15, 0.2) is 0 Å². The number of hydrogen-bond donors (Lipinski definition) is 14. The Morgan fingerprint density at radius 2 is 0.883 bits per heavy atom. The molecule has 0 aliphatic carbocycles. The number of unbranched alkanes of at least 4 members (excludes halogenated alkanes) is 5. The van der Waals surface area contributed by atoms with Gasteiger partial charge in [0.2, 0.25) is 17.7 Å². The van der Waals surface area contributed by atoms with E-state index in [1.54, 1.807) is 0 Å². The zero-order chi connectivity index (χ0) is 44.6. The van der Waals surface area contributed by atoms with E-state index in [1.807, 2.05) is 0 Å². The van der Waals surface area contributed by atoms with Crippen LogP contribution in [0.1, 0.15) is 129 Å². The van der Waals surface area contributed by atoms with Crippen LogP contribution in [0.3, 0.4) is 0 Å². The van der Waals surface area contributed by atoms with Crippen LogP contribution in [0, 0.1) is 0 Å². The lowest BCUT2D eigenvalue weighted by Crippen LogP contribution is -2.55. The Morgan fingerprint density at radius 1 is 0.450 bits per heavy atom. The molecule has 0 fully saturated rings. The predicted octanol–water partition coefficient (Wildman–Crippen LogP) is -1.42. The largest absolute Gasteiger partial charge is 0.354 e. The quantitative estimate of drug-likeness (QED) is 0.0247. The highest BCUT2D eigenvalue weighted by atomic mass is 16.5. The molecule has 22 N–H and O–H groups in total. The number of hydrogen-bond acceptors (Lipinski definition) is 17. The second-order valence-electron chi connectivity index (χ2n) is 15.5. The van der Waals surface area contributed by atoms with E-state index in [9.17, 15) is 14.4 Å². The lowest BCUT2D eigenvalue weighted by atomic mass is 10.0. The Morgan fingerprint density at radius 3 is 1.42 bits per heavy atom. The standard InChI is InChI=1S/C40H90N14O6/c1-31(50-28-59-37(20-13-26-46)52-30-60-36(19-12-25-45)51-29-58-35(48)18-5-10-24-44)14-6-11-27-49-39(56)33(16-3-8-22-42)54-40(57)34(17-4-9-23-43)53-38(55)32(47)15-2-7-21-41/h31-37,50-52H,2-30,41-48H2,1H3,(H,49,56)(H,53,55)(H,54,57). The van der Waals surface area contributed by atoms with Crippen molar-refractivity contribution in [1.29, 1.82) is 0 Å². The van der Waals surface area contributed by atoms with Gasteiger partial charge in [-0.15, -0.1) is 0 Å². The monoisotopic (exact) mass is 863 g/mol. The van der Waals surface area contributed by atoms with Gasteiger partial charge in [0.25, 0.3) is 0 Å². The minimum absolute atomic E-state index is 0.169. The van der Waals surface area contributed by atoms with Crippen molar-refractivity contribution in [2.24, 2.45) is 45.9 Å². The lowest BCUT2D eigenvalue weighted by Gasteiger charge is -2.25. The molecule has 0 bridgehead atoms. The zero-order valence-electron chi connectivity index (χ0n) is 37.1. The van der Waals surface area contributed by atoms with E-state index < -0.39 is 29.9 Å². The SMILES string of the molecule is CC(CCCCNC(=O)C(CCCCN)NC(=O)C(CCCCN)NC(=O)C(N)CCCCN)NCOC(CCCN)NCOC(CCCN)NCOC(N)CCCCN. The highest BCUT2D eigenvalue weighted by molar-refractivity contribution is 5.93. The van der Waals surface area contributed by atoms with E-state index in [0.717, 1.165) is 77.0 Å². The van der Waals surface area contributed by atoms with E-state index in [1.165, 1.54) is 0 Å². The predicted molar refractivity (Wildman–Crippen MR) is 239 cm³/mol. The van der Waals surface area contributed by atoms with Crippen molar-refractivity contribution in [1.82, 2.24) is 31.9 Å². The molecule has 0 aromatic rings. The maximum atomic E-state index is 13.5. The minimum atomic E-state index is -0.832. The molecule has 0 saturated carbocycles. The zero-order valence-corrected chi connectivity index (χ0v) is 37.1. The van der Waals surface area contributed by atoms with Crippen LogP contribution in [0.25, 0.3) is 0 Å². The smallest absolute Gasteiger partial charge is 0.243 e.